The van der Waals surface area contributed by atoms with Crippen molar-refractivity contribution in [2.75, 3.05) is 6.61 Å². The molecule has 0 aliphatic rings. The minimum absolute atomic E-state index is 0. The Labute approximate surface area is 129 Å². The third-order valence-electron chi connectivity index (χ3n) is 1.68. The molecule has 1 aromatic heterocycles. The van der Waals surface area contributed by atoms with Gasteiger partial charge in [-0.25, -0.2) is 4.79 Å². The molecule has 0 fully saturated rings. The van der Waals surface area contributed by atoms with Gasteiger partial charge in [0.1, 0.15) is 5.69 Å². The summed E-state index contributed by atoms with van der Waals surface area (Å²) in [5.41, 5.74) is 0.349. The normalized spacial score (nSPS) is 9.20. The van der Waals surface area contributed by atoms with Crippen molar-refractivity contribution in [1.29, 1.82) is 0 Å². The van der Waals surface area contributed by atoms with Crippen molar-refractivity contribution in [1.82, 2.24) is 4.98 Å². The Balaban J connectivity index is 0.00000196. The van der Waals surface area contributed by atoms with Gasteiger partial charge in [-0.05, 0) is 13.8 Å². The van der Waals surface area contributed by atoms with Crippen LogP contribution in [0.3, 0.4) is 0 Å². The third kappa shape index (κ3) is 3.69. The summed E-state index contributed by atoms with van der Waals surface area (Å²) in [6, 6.07) is 1.17. The molecule has 0 radical (unpaired) electrons. The molecule has 15 heavy (non-hydrogen) atoms. The van der Waals surface area contributed by atoms with Gasteiger partial charge in [0, 0.05) is 6.07 Å². The van der Waals surface area contributed by atoms with E-state index in [1.165, 1.54) is 13.0 Å². The molecule has 1 heterocycles. The number of carbonyl (C=O) groups is 1. The monoisotopic (exact) mass is 237 g/mol. The zero-order valence-electron chi connectivity index (χ0n) is 8.86. The summed E-state index contributed by atoms with van der Waals surface area (Å²) >= 11 is 0. The second-order valence-electron chi connectivity index (χ2n) is 2.67. The first-order valence-corrected chi connectivity index (χ1v) is 4.07. The van der Waals surface area contributed by atoms with Crippen LogP contribution in [0.15, 0.2) is 6.07 Å². The summed E-state index contributed by atoms with van der Waals surface area (Å²) in [7, 11) is 0. The fourth-order valence-electron chi connectivity index (χ4n) is 1.06. The van der Waals surface area contributed by atoms with Gasteiger partial charge in [0.15, 0.2) is 0 Å². The number of hydrogen-bond donors (Lipinski definition) is 1. The smallest absolute Gasteiger partial charge is 0.461 e. The SMILES string of the molecule is CCOC(=O)c1cc([N+](=O)[O-])c(C)[nH]1.[K+]. The number of aromatic amines is 1. The largest absolute Gasteiger partial charge is 1.00 e. The van der Waals surface area contributed by atoms with Crippen LogP contribution in [-0.2, 0) is 4.74 Å². The number of aromatic nitrogens is 1. The molecule has 0 aliphatic carbocycles. The maximum atomic E-state index is 11.2. The van der Waals surface area contributed by atoms with Crippen molar-refractivity contribution in [3.8, 4) is 0 Å². The number of ether oxygens (including phenoxy) is 1. The third-order valence-corrected chi connectivity index (χ3v) is 1.68. The molecule has 0 unspecified atom stereocenters. The number of nitrogens with one attached hydrogen (secondary N) is 1. The molecule has 1 rings (SSSR count). The van der Waals surface area contributed by atoms with Crippen LogP contribution in [0.2, 0.25) is 0 Å². The first-order chi connectivity index (χ1) is 6.56. The second kappa shape index (κ2) is 6.39. The van der Waals surface area contributed by atoms with E-state index >= 15 is 0 Å². The van der Waals surface area contributed by atoms with Gasteiger partial charge in [0.05, 0.1) is 17.2 Å². The van der Waals surface area contributed by atoms with Crippen molar-refractivity contribution in [2.45, 2.75) is 13.8 Å². The van der Waals surface area contributed by atoms with Gasteiger partial charge >= 0.3 is 57.4 Å². The minimum Gasteiger partial charge on any atom is -0.461 e. The van der Waals surface area contributed by atoms with E-state index < -0.39 is 10.9 Å². The molecule has 7 heteroatoms. The molecular formula is C8H10KN2O4+. The molecule has 6 nitrogen and oxygen atoms in total. The van der Waals surface area contributed by atoms with Crippen LogP contribution in [-0.4, -0.2) is 22.5 Å². The maximum Gasteiger partial charge on any atom is 1.00 e. The fraction of sp³-hybridized carbons (Fsp3) is 0.375. The average Bonchev–Trinajstić information content (AvgIpc) is 2.48. The molecule has 0 aromatic carbocycles. The van der Waals surface area contributed by atoms with E-state index in [1.54, 1.807) is 6.92 Å². The Kier molecular flexibility index (Phi) is 6.30. The zero-order valence-corrected chi connectivity index (χ0v) is 12.0. The van der Waals surface area contributed by atoms with Crippen LogP contribution in [0.1, 0.15) is 23.1 Å². The first-order valence-electron chi connectivity index (χ1n) is 4.07. The number of aryl methyl sites for hydroxylation is 1. The number of esters is 1. The molecule has 0 spiro atoms. The van der Waals surface area contributed by atoms with E-state index in [2.05, 4.69) is 9.72 Å². The summed E-state index contributed by atoms with van der Waals surface area (Å²) in [5, 5.41) is 10.4. The second-order valence-corrected chi connectivity index (χ2v) is 2.67. The van der Waals surface area contributed by atoms with Crippen molar-refractivity contribution in [3.05, 3.63) is 27.6 Å². The Hall–Kier alpha value is -0.214. The van der Waals surface area contributed by atoms with Crippen LogP contribution in [0, 0.1) is 17.0 Å². The van der Waals surface area contributed by atoms with E-state index in [1.807, 2.05) is 0 Å². The van der Waals surface area contributed by atoms with Crippen molar-refractivity contribution in [2.24, 2.45) is 0 Å². The molecule has 1 aromatic rings. The molecule has 0 amide bonds. The summed E-state index contributed by atoms with van der Waals surface area (Å²) in [6.07, 6.45) is 0. The van der Waals surface area contributed by atoms with E-state index in [9.17, 15) is 14.9 Å². The van der Waals surface area contributed by atoms with E-state index in [0.717, 1.165) is 0 Å². The van der Waals surface area contributed by atoms with Gasteiger partial charge in [-0.15, -0.1) is 0 Å². The Morgan fingerprint density at radius 2 is 2.27 bits per heavy atom. The number of carbonyl (C=O) groups excluding carboxylic acids is 1. The molecule has 76 valence electrons. The van der Waals surface area contributed by atoms with E-state index in [0.29, 0.717) is 5.69 Å². The first kappa shape index (κ1) is 14.8. The van der Waals surface area contributed by atoms with Crippen molar-refractivity contribution < 1.29 is 65.8 Å². The zero-order chi connectivity index (χ0) is 10.7. The predicted octanol–water partition coefficient (Wildman–Crippen LogP) is -1.59. The molecule has 0 atom stereocenters. The van der Waals surface area contributed by atoms with E-state index in [-0.39, 0.29) is 69.4 Å². The van der Waals surface area contributed by atoms with Crippen LogP contribution in [0.4, 0.5) is 5.69 Å². The topological polar surface area (TPSA) is 85.2 Å². The molecule has 0 saturated heterocycles. The minimum atomic E-state index is -0.580. The van der Waals surface area contributed by atoms with Gasteiger partial charge in [0.25, 0.3) is 5.69 Å². The maximum absolute atomic E-state index is 11.2. The van der Waals surface area contributed by atoms with Crippen LogP contribution < -0.4 is 51.4 Å². The molecule has 1 N–H and O–H groups in total. The van der Waals surface area contributed by atoms with Crippen LogP contribution in [0.5, 0.6) is 0 Å². The summed E-state index contributed by atoms with van der Waals surface area (Å²) in [6.45, 7) is 3.44. The quantitative estimate of drug-likeness (QED) is 0.297. The molecule has 0 bridgehead atoms. The summed E-state index contributed by atoms with van der Waals surface area (Å²) in [4.78, 5) is 23.7. The number of hydrogen-bond acceptors (Lipinski definition) is 4. The van der Waals surface area contributed by atoms with Gasteiger partial charge in [-0.1, -0.05) is 0 Å². The number of nitrogens with zero attached hydrogens (tertiary/aromatic N) is 1. The van der Waals surface area contributed by atoms with Crippen molar-refractivity contribution in [3.63, 3.8) is 0 Å². The number of rotatable bonds is 3. The van der Waals surface area contributed by atoms with Crippen LogP contribution >= 0.6 is 0 Å². The Morgan fingerprint density at radius 1 is 1.67 bits per heavy atom. The fourth-order valence-corrected chi connectivity index (χ4v) is 1.06. The van der Waals surface area contributed by atoms with Crippen molar-refractivity contribution >= 4 is 11.7 Å². The number of H-pyrrole nitrogens is 1. The molecule has 0 saturated carbocycles. The van der Waals surface area contributed by atoms with Gasteiger partial charge in [-0.2, -0.15) is 0 Å². The molecule has 0 aliphatic heterocycles. The Bertz CT molecular complexity index is 375. The summed E-state index contributed by atoms with van der Waals surface area (Å²) < 4.78 is 4.68. The standard InChI is InChI=1S/C8H10N2O4.K/c1-3-14-8(11)6-4-7(10(12)13)5(2)9-6;/h4,9H,3H2,1-2H3;/q;+1. The van der Waals surface area contributed by atoms with Crippen LogP contribution in [0.25, 0.3) is 0 Å². The van der Waals surface area contributed by atoms with E-state index in [4.69, 9.17) is 0 Å². The van der Waals surface area contributed by atoms with Gasteiger partial charge in [0.2, 0.25) is 0 Å². The molecular weight excluding hydrogens is 227 g/mol. The predicted molar refractivity (Wildman–Crippen MR) is 48.1 cm³/mol. The number of nitro groups is 1. The van der Waals surface area contributed by atoms with Gasteiger partial charge in [-0.3, -0.25) is 10.1 Å². The Morgan fingerprint density at radius 3 is 2.67 bits per heavy atom. The van der Waals surface area contributed by atoms with Gasteiger partial charge < -0.3 is 9.72 Å². The average molecular weight is 237 g/mol. The summed E-state index contributed by atoms with van der Waals surface area (Å²) in [5.74, 6) is -0.580.